The molecule has 2 aromatic carbocycles. The van der Waals surface area contributed by atoms with Gasteiger partial charge < -0.3 is 10.1 Å². The van der Waals surface area contributed by atoms with E-state index < -0.39 is 0 Å². The molecule has 0 saturated carbocycles. The number of nitrogens with one attached hydrogen (secondary N) is 1. The van der Waals surface area contributed by atoms with E-state index in [1.165, 1.54) is 0 Å². The van der Waals surface area contributed by atoms with Crippen LogP contribution in [0.1, 0.15) is 34.3 Å². The molecule has 0 aromatic heterocycles. The highest BCUT2D eigenvalue weighted by Gasteiger charge is 2.10. The molecule has 0 bridgehead atoms. The van der Waals surface area contributed by atoms with Crippen LogP contribution >= 0.6 is 15.9 Å². The molecule has 1 amide bonds. The van der Waals surface area contributed by atoms with Crippen LogP contribution in [0.15, 0.2) is 46.9 Å². The SMILES string of the molecule is COc1ccc(C)cc1CCNC(=O)CCC(=O)c1ccc(Br)cc1. The highest BCUT2D eigenvalue weighted by molar-refractivity contribution is 9.10. The molecule has 0 aliphatic heterocycles. The molecule has 4 nitrogen and oxygen atoms in total. The molecule has 0 spiro atoms. The number of carbonyl (C=O) groups excluding carboxylic acids is 2. The zero-order valence-corrected chi connectivity index (χ0v) is 16.1. The monoisotopic (exact) mass is 403 g/mol. The number of ether oxygens (including phenoxy) is 1. The lowest BCUT2D eigenvalue weighted by molar-refractivity contribution is -0.121. The van der Waals surface area contributed by atoms with Crippen molar-refractivity contribution in [2.24, 2.45) is 0 Å². The lowest BCUT2D eigenvalue weighted by atomic mass is 10.1. The molecule has 1 N–H and O–H groups in total. The van der Waals surface area contributed by atoms with Crippen molar-refractivity contribution < 1.29 is 14.3 Å². The number of hydrogen-bond donors (Lipinski definition) is 1. The fraction of sp³-hybridized carbons (Fsp3) is 0.300. The minimum absolute atomic E-state index is 0.0250. The fourth-order valence-corrected chi connectivity index (χ4v) is 2.80. The second-order valence-corrected chi connectivity index (χ2v) is 6.76. The molecule has 2 aromatic rings. The van der Waals surface area contributed by atoms with E-state index in [2.05, 4.69) is 27.3 Å². The summed E-state index contributed by atoms with van der Waals surface area (Å²) in [5, 5.41) is 2.86. The molecule has 5 heteroatoms. The van der Waals surface area contributed by atoms with Crippen molar-refractivity contribution in [3.8, 4) is 5.75 Å². The first-order chi connectivity index (χ1) is 12.0. The molecule has 0 heterocycles. The number of aryl methyl sites for hydroxylation is 1. The number of halogens is 1. The number of Topliss-reactive ketones (excluding diaryl/α,β-unsaturated/α-hetero) is 1. The summed E-state index contributed by atoms with van der Waals surface area (Å²) in [6.07, 6.45) is 1.10. The van der Waals surface area contributed by atoms with E-state index in [4.69, 9.17) is 4.74 Å². The first-order valence-electron chi connectivity index (χ1n) is 8.18. The van der Waals surface area contributed by atoms with E-state index in [0.29, 0.717) is 18.5 Å². The van der Waals surface area contributed by atoms with Gasteiger partial charge in [-0.3, -0.25) is 9.59 Å². The van der Waals surface area contributed by atoms with Crippen LogP contribution in [-0.4, -0.2) is 25.3 Å². The zero-order valence-electron chi connectivity index (χ0n) is 14.5. The Labute approximate surface area is 156 Å². The van der Waals surface area contributed by atoms with Gasteiger partial charge in [-0.2, -0.15) is 0 Å². The van der Waals surface area contributed by atoms with E-state index in [1.807, 2.05) is 31.2 Å². The quantitative estimate of drug-likeness (QED) is 0.675. The number of methoxy groups -OCH3 is 1. The topological polar surface area (TPSA) is 55.4 Å². The normalized spacial score (nSPS) is 10.4. The Morgan fingerprint density at radius 1 is 1.08 bits per heavy atom. The van der Waals surface area contributed by atoms with Gasteiger partial charge in [0.05, 0.1) is 7.11 Å². The summed E-state index contributed by atoms with van der Waals surface area (Å²) in [4.78, 5) is 24.0. The predicted octanol–water partition coefficient (Wildman–Crippen LogP) is 4.09. The number of ketones is 1. The Hall–Kier alpha value is -2.14. The third kappa shape index (κ3) is 6.02. The molecule has 0 radical (unpaired) electrons. The lowest BCUT2D eigenvalue weighted by Gasteiger charge is -2.10. The van der Waals surface area contributed by atoms with Crippen molar-refractivity contribution in [3.05, 3.63) is 63.6 Å². The standard InChI is InChI=1S/C20H22BrNO3/c1-14-3-9-19(25-2)16(13-14)11-12-22-20(24)10-8-18(23)15-4-6-17(21)7-5-15/h3-7,9,13H,8,10-12H2,1-2H3,(H,22,24). The van der Waals surface area contributed by atoms with Gasteiger partial charge in [0.1, 0.15) is 5.75 Å². The van der Waals surface area contributed by atoms with Crippen LogP contribution in [0.5, 0.6) is 5.75 Å². The van der Waals surface area contributed by atoms with Crippen LogP contribution in [0.2, 0.25) is 0 Å². The maximum absolute atomic E-state index is 12.1. The van der Waals surface area contributed by atoms with Gasteiger partial charge in [0.15, 0.2) is 5.78 Å². The molecule has 0 aliphatic rings. The maximum Gasteiger partial charge on any atom is 0.220 e. The van der Waals surface area contributed by atoms with E-state index in [1.54, 1.807) is 19.2 Å². The molecule has 0 unspecified atom stereocenters. The van der Waals surface area contributed by atoms with Crippen molar-refractivity contribution in [2.75, 3.05) is 13.7 Å². The third-order valence-electron chi connectivity index (χ3n) is 3.90. The maximum atomic E-state index is 12.1. The van der Waals surface area contributed by atoms with Gasteiger partial charge in [-0.15, -0.1) is 0 Å². The highest BCUT2D eigenvalue weighted by Crippen LogP contribution is 2.19. The number of rotatable bonds is 8. The molecule has 0 fully saturated rings. The summed E-state index contributed by atoms with van der Waals surface area (Å²) in [5.41, 5.74) is 2.84. The third-order valence-corrected chi connectivity index (χ3v) is 4.43. The van der Waals surface area contributed by atoms with Crippen LogP contribution in [0.4, 0.5) is 0 Å². The van der Waals surface area contributed by atoms with Crippen LogP contribution in [0, 0.1) is 6.92 Å². The van der Waals surface area contributed by atoms with E-state index in [0.717, 1.165) is 21.3 Å². The first-order valence-corrected chi connectivity index (χ1v) is 8.98. The minimum Gasteiger partial charge on any atom is -0.496 e. The molecule has 0 saturated heterocycles. The van der Waals surface area contributed by atoms with Gasteiger partial charge in [0.2, 0.25) is 5.91 Å². The lowest BCUT2D eigenvalue weighted by Crippen LogP contribution is -2.26. The van der Waals surface area contributed by atoms with Crippen LogP contribution in [0.25, 0.3) is 0 Å². The number of carbonyl (C=O) groups is 2. The van der Waals surface area contributed by atoms with Gasteiger partial charge in [-0.05, 0) is 37.1 Å². The van der Waals surface area contributed by atoms with Gasteiger partial charge >= 0.3 is 0 Å². The van der Waals surface area contributed by atoms with Gasteiger partial charge in [-0.25, -0.2) is 0 Å². The van der Waals surface area contributed by atoms with Crippen LogP contribution in [-0.2, 0) is 11.2 Å². The summed E-state index contributed by atoms with van der Waals surface area (Å²) >= 11 is 3.33. The van der Waals surface area contributed by atoms with E-state index in [-0.39, 0.29) is 24.5 Å². The second-order valence-electron chi connectivity index (χ2n) is 5.85. The second kappa shape index (κ2) is 9.37. The van der Waals surface area contributed by atoms with Crippen molar-refractivity contribution in [3.63, 3.8) is 0 Å². The van der Waals surface area contributed by atoms with Crippen LogP contribution < -0.4 is 10.1 Å². The minimum atomic E-state index is -0.114. The Morgan fingerprint density at radius 3 is 2.48 bits per heavy atom. The summed E-state index contributed by atoms with van der Waals surface area (Å²) in [6, 6.07) is 13.1. The predicted molar refractivity (Wildman–Crippen MR) is 102 cm³/mol. The average Bonchev–Trinajstić information content (AvgIpc) is 2.60. The Bertz CT molecular complexity index is 741. The Balaban J connectivity index is 1.76. The zero-order chi connectivity index (χ0) is 18.2. The largest absolute Gasteiger partial charge is 0.496 e. The molecule has 2 rings (SSSR count). The van der Waals surface area contributed by atoms with E-state index in [9.17, 15) is 9.59 Å². The van der Waals surface area contributed by atoms with Crippen molar-refractivity contribution in [1.29, 1.82) is 0 Å². The van der Waals surface area contributed by atoms with E-state index >= 15 is 0 Å². The van der Waals surface area contributed by atoms with Crippen LogP contribution in [0.3, 0.4) is 0 Å². The highest BCUT2D eigenvalue weighted by atomic mass is 79.9. The van der Waals surface area contributed by atoms with Gasteiger partial charge in [0.25, 0.3) is 0 Å². The molecular formula is C20H22BrNO3. The molecule has 0 aliphatic carbocycles. The molecule has 0 atom stereocenters. The van der Waals surface area contributed by atoms with Crippen molar-refractivity contribution in [1.82, 2.24) is 5.32 Å². The molecule has 25 heavy (non-hydrogen) atoms. The molecule has 132 valence electrons. The Kier molecular flexibility index (Phi) is 7.19. The average molecular weight is 404 g/mol. The summed E-state index contributed by atoms with van der Waals surface area (Å²) in [6.45, 7) is 2.54. The number of amides is 1. The summed E-state index contributed by atoms with van der Waals surface area (Å²) in [5.74, 6) is 0.686. The smallest absolute Gasteiger partial charge is 0.220 e. The van der Waals surface area contributed by atoms with Crippen molar-refractivity contribution in [2.45, 2.75) is 26.2 Å². The van der Waals surface area contributed by atoms with Gasteiger partial charge in [-0.1, -0.05) is 45.8 Å². The van der Waals surface area contributed by atoms with Gasteiger partial charge in [0, 0.05) is 29.4 Å². The first kappa shape index (κ1) is 19.2. The summed E-state index contributed by atoms with van der Waals surface area (Å²) in [7, 11) is 1.64. The fourth-order valence-electron chi connectivity index (χ4n) is 2.53. The Morgan fingerprint density at radius 2 is 1.80 bits per heavy atom. The number of hydrogen-bond acceptors (Lipinski definition) is 3. The molecular weight excluding hydrogens is 382 g/mol. The number of benzene rings is 2. The van der Waals surface area contributed by atoms with Crippen molar-refractivity contribution >= 4 is 27.6 Å². The summed E-state index contributed by atoms with van der Waals surface area (Å²) < 4.78 is 6.26.